The second-order valence-electron chi connectivity index (χ2n) is 7.27. The van der Waals surface area contributed by atoms with Crippen molar-refractivity contribution in [3.63, 3.8) is 0 Å². The van der Waals surface area contributed by atoms with E-state index in [9.17, 15) is 4.79 Å². The summed E-state index contributed by atoms with van der Waals surface area (Å²) in [5.41, 5.74) is -0.322. The summed E-state index contributed by atoms with van der Waals surface area (Å²) in [5, 5.41) is 0. The molecule has 142 valence electrons. The number of ether oxygens (including phenoxy) is 1. The third kappa shape index (κ3) is 8.07. The van der Waals surface area contributed by atoms with Gasteiger partial charge < -0.3 is 4.74 Å². The van der Waals surface area contributed by atoms with Gasteiger partial charge in [-0.3, -0.25) is 4.79 Å². The minimum absolute atomic E-state index is 0.0525. The van der Waals surface area contributed by atoms with Gasteiger partial charge in [-0.05, 0) is 31.4 Å². The first-order chi connectivity index (χ1) is 12.2. The summed E-state index contributed by atoms with van der Waals surface area (Å²) >= 11 is 0. The van der Waals surface area contributed by atoms with Crippen molar-refractivity contribution in [3.05, 3.63) is 30.3 Å². The molecule has 0 fully saturated rings. The van der Waals surface area contributed by atoms with E-state index in [-0.39, 0.29) is 11.4 Å². The Bertz CT molecular complexity index is 448. The number of carbonyl (C=O) groups excluding carboxylic acids is 1. The van der Waals surface area contributed by atoms with Crippen LogP contribution in [0.1, 0.15) is 97.8 Å². The fourth-order valence-electron chi connectivity index (χ4n) is 3.47. The molecule has 0 atom stereocenters. The van der Waals surface area contributed by atoms with Crippen molar-refractivity contribution >= 4 is 5.97 Å². The van der Waals surface area contributed by atoms with E-state index in [1.54, 1.807) is 0 Å². The van der Waals surface area contributed by atoms with Crippen LogP contribution in [0.15, 0.2) is 30.3 Å². The molecule has 0 amide bonds. The van der Waals surface area contributed by atoms with Gasteiger partial charge in [0.2, 0.25) is 0 Å². The summed E-state index contributed by atoms with van der Waals surface area (Å²) in [4.78, 5) is 12.7. The van der Waals surface area contributed by atoms with Gasteiger partial charge in [-0.15, -0.1) is 0 Å². The second-order valence-corrected chi connectivity index (χ2v) is 7.27. The second kappa shape index (κ2) is 13.0. The van der Waals surface area contributed by atoms with Crippen LogP contribution in [0.4, 0.5) is 0 Å². The molecule has 2 heteroatoms. The molecule has 0 radical (unpaired) electrons. The Morgan fingerprint density at radius 3 is 1.84 bits per heavy atom. The average molecular weight is 347 g/mol. The van der Waals surface area contributed by atoms with E-state index >= 15 is 0 Å². The molecule has 1 aromatic carbocycles. The Morgan fingerprint density at radius 2 is 1.32 bits per heavy atom. The van der Waals surface area contributed by atoms with Crippen molar-refractivity contribution in [3.8, 4) is 5.75 Å². The molecule has 0 saturated heterocycles. The van der Waals surface area contributed by atoms with Crippen LogP contribution in [0.3, 0.4) is 0 Å². The number of benzene rings is 1. The Hall–Kier alpha value is -1.31. The molecule has 0 heterocycles. The molecule has 0 spiro atoms. The normalized spacial score (nSPS) is 11.5. The number of rotatable bonds is 14. The van der Waals surface area contributed by atoms with Crippen molar-refractivity contribution in [1.29, 1.82) is 0 Å². The Morgan fingerprint density at radius 1 is 0.800 bits per heavy atom. The summed E-state index contributed by atoms with van der Waals surface area (Å²) in [5.74, 6) is 0.606. The van der Waals surface area contributed by atoms with Crippen molar-refractivity contribution < 1.29 is 9.53 Å². The number of para-hydroxylation sites is 1. The fourth-order valence-corrected chi connectivity index (χ4v) is 3.47. The molecule has 0 N–H and O–H groups in total. The van der Waals surface area contributed by atoms with Gasteiger partial charge in [0, 0.05) is 0 Å². The van der Waals surface area contributed by atoms with Gasteiger partial charge in [0.05, 0.1) is 5.41 Å². The molecular weight excluding hydrogens is 308 g/mol. The van der Waals surface area contributed by atoms with Crippen molar-refractivity contribution in [2.24, 2.45) is 5.41 Å². The number of unbranched alkanes of at least 4 members (excludes halogenated alkanes) is 8. The molecule has 0 aliphatic rings. The van der Waals surface area contributed by atoms with E-state index < -0.39 is 0 Å². The minimum atomic E-state index is -0.322. The van der Waals surface area contributed by atoms with Gasteiger partial charge in [0.15, 0.2) is 0 Å². The fraction of sp³-hybridized carbons (Fsp3) is 0.696. The first-order valence-electron chi connectivity index (χ1n) is 10.5. The van der Waals surface area contributed by atoms with Gasteiger partial charge in [0.25, 0.3) is 0 Å². The Kier molecular flexibility index (Phi) is 11.3. The largest absolute Gasteiger partial charge is 0.426 e. The highest BCUT2D eigenvalue weighted by Crippen LogP contribution is 2.35. The van der Waals surface area contributed by atoms with Gasteiger partial charge >= 0.3 is 5.97 Å². The molecule has 1 aromatic rings. The molecule has 0 aliphatic heterocycles. The standard InChI is InChI=1S/C23H38O2/c1-4-7-8-9-10-11-12-13-17-20-23(5-2,6-3)22(24)25-21-18-15-14-16-19-21/h14-16,18-19H,4-13,17,20H2,1-3H3. The van der Waals surface area contributed by atoms with Crippen LogP contribution in [0, 0.1) is 5.41 Å². The van der Waals surface area contributed by atoms with Crippen molar-refractivity contribution in [1.82, 2.24) is 0 Å². The molecule has 25 heavy (non-hydrogen) atoms. The molecular formula is C23H38O2. The first-order valence-corrected chi connectivity index (χ1v) is 10.5. The summed E-state index contributed by atoms with van der Waals surface area (Å²) in [6.07, 6.45) is 14.5. The first kappa shape index (κ1) is 21.7. The monoisotopic (exact) mass is 346 g/mol. The molecule has 0 bridgehead atoms. The number of hydrogen-bond donors (Lipinski definition) is 0. The molecule has 0 saturated carbocycles. The van der Waals surface area contributed by atoms with Gasteiger partial charge in [-0.25, -0.2) is 0 Å². The number of esters is 1. The van der Waals surface area contributed by atoms with Crippen LogP contribution in [0.2, 0.25) is 0 Å². The lowest BCUT2D eigenvalue weighted by Crippen LogP contribution is -2.34. The van der Waals surface area contributed by atoms with E-state index in [1.807, 2.05) is 30.3 Å². The Balaban J connectivity index is 2.33. The maximum atomic E-state index is 12.7. The predicted molar refractivity (Wildman–Crippen MR) is 107 cm³/mol. The van der Waals surface area contributed by atoms with Crippen LogP contribution in [0.25, 0.3) is 0 Å². The summed E-state index contributed by atoms with van der Waals surface area (Å²) in [6, 6.07) is 9.46. The lowest BCUT2D eigenvalue weighted by molar-refractivity contribution is -0.147. The number of hydrogen-bond acceptors (Lipinski definition) is 2. The zero-order chi connectivity index (χ0) is 18.4. The quantitative estimate of drug-likeness (QED) is 0.200. The zero-order valence-electron chi connectivity index (χ0n) is 16.7. The Labute approximate surface area is 155 Å². The van der Waals surface area contributed by atoms with Crippen LogP contribution >= 0.6 is 0 Å². The van der Waals surface area contributed by atoms with Crippen LogP contribution in [0.5, 0.6) is 5.75 Å². The molecule has 1 rings (SSSR count). The SMILES string of the molecule is CCCCCCCCCCCC(CC)(CC)C(=O)Oc1ccccc1. The summed E-state index contributed by atoms with van der Waals surface area (Å²) < 4.78 is 5.66. The van der Waals surface area contributed by atoms with E-state index in [1.165, 1.54) is 51.4 Å². The third-order valence-electron chi connectivity index (χ3n) is 5.50. The minimum Gasteiger partial charge on any atom is -0.426 e. The van der Waals surface area contributed by atoms with E-state index in [0.717, 1.165) is 25.7 Å². The van der Waals surface area contributed by atoms with Gasteiger partial charge in [-0.2, -0.15) is 0 Å². The third-order valence-corrected chi connectivity index (χ3v) is 5.50. The van der Waals surface area contributed by atoms with Crippen LogP contribution in [-0.2, 0) is 4.79 Å². The lowest BCUT2D eigenvalue weighted by Gasteiger charge is -2.29. The summed E-state index contributed by atoms with van der Waals surface area (Å²) in [6.45, 7) is 6.49. The average Bonchev–Trinajstić information content (AvgIpc) is 2.64. The maximum absolute atomic E-state index is 12.7. The van der Waals surface area contributed by atoms with E-state index in [4.69, 9.17) is 4.74 Å². The highest BCUT2D eigenvalue weighted by molar-refractivity contribution is 5.79. The number of carbonyl (C=O) groups is 1. The zero-order valence-corrected chi connectivity index (χ0v) is 16.7. The van der Waals surface area contributed by atoms with Gasteiger partial charge in [-0.1, -0.05) is 96.8 Å². The molecule has 0 aliphatic carbocycles. The lowest BCUT2D eigenvalue weighted by atomic mass is 9.77. The van der Waals surface area contributed by atoms with E-state index in [0.29, 0.717) is 5.75 Å². The maximum Gasteiger partial charge on any atom is 0.317 e. The van der Waals surface area contributed by atoms with E-state index in [2.05, 4.69) is 20.8 Å². The van der Waals surface area contributed by atoms with Gasteiger partial charge in [0.1, 0.15) is 5.75 Å². The molecule has 0 aromatic heterocycles. The van der Waals surface area contributed by atoms with Crippen LogP contribution in [-0.4, -0.2) is 5.97 Å². The van der Waals surface area contributed by atoms with Crippen molar-refractivity contribution in [2.45, 2.75) is 97.8 Å². The highest BCUT2D eigenvalue weighted by Gasteiger charge is 2.36. The predicted octanol–water partition coefficient (Wildman–Crippen LogP) is 7.32. The van der Waals surface area contributed by atoms with Crippen molar-refractivity contribution in [2.75, 3.05) is 0 Å². The highest BCUT2D eigenvalue weighted by atomic mass is 16.5. The summed E-state index contributed by atoms with van der Waals surface area (Å²) in [7, 11) is 0. The smallest absolute Gasteiger partial charge is 0.317 e. The molecule has 2 nitrogen and oxygen atoms in total. The topological polar surface area (TPSA) is 26.3 Å². The van der Waals surface area contributed by atoms with Crippen LogP contribution < -0.4 is 4.74 Å². The molecule has 0 unspecified atom stereocenters.